The summed E-state index contributed by atoms with van der Waals surface area (Å²) in [6.07, 6.45) is 2.51. The summed E-state index contributed by atoms with van der Waals surface area (Å²) in [5.41, 5.74) is 0. The van der Waals surface area contributed by atoms with E-state index in [4.69, 9.17) is 0 Å². The van der Waals surface area contributed by atoms with Crippen molar-refractivity contribution in [1.82, 2.24) is 4.90 Å². The third kappa shape index (κ3) is 0.625. The first kappa shape index (κ1) is 6.12. The molecule has 1 saturated carbocycles. The topological polar surface area (TPSA) is 32.7 Å². The van der Waals surface area contributed by atoms with Gasteiger partial charge in [0.1, 0.15) is 6.04 Å². The Morgan fingerprint density at radius 1 is 1.27 bits per heavy atom. The second-order valence-corrected chi connectivity index (χ2v) is 4.21. The van der Waals surface area contributed by atoms with Gasteiger partial charge in [-0.2, -0.15) is 4.91 Å². The first-order chi connectivity index (χ1) is 5.38. The number of piperidine rings is 1. The lowest BCUT2D eigenvalue weighted by molar-refractivity contribution is 0.254. The zero-order chi connectivity index (χ0) is 7.42. The Morgan fingerprint density at radius 3 is 2.91 bits per heavy atom. The fourth-order valence-corrected chi connectivity index (χ4v) is 3.29. The first-order valence-corrected chi connectivity index (χ1v) is 4.45. The molecule has 3 nitrogen and oxygen atoms in total. The molecule has 3 aliphatic heterocycles. The zero-order valence-corrected chi connectivity index (χ0v) is 6.44. The van der Waals surface area contributed by atoms with Crippen LogP contribution in [-0.2, 0) is 0 Å². The summed E-state index contributed by atoms with van der Waals surface area (Å²) in [7, 11) is 0. The highest BCUT2D eigenvalue weighted by Crippen LogP contribution is 2.46. The van der Waals surface area contributed by atoms with Crippen molar-refractivity contribution in [2.75, 3.05) is 13.1 Å². The van der Waals surface area contributed by atoms with E-state index in [0.717, 1.165) is 12.5 Å². The third-order valence-electron chi connectivity index (χ3n) is 3.64. The molecule has 4 aliphatic rings. The van der Waals surface area contributed by atoms with E-state index >= 15 is 0 Å². The van der Waals surface area contributed by atoms with Crippen LogP contribution in [-0.4, -0.2) is 30.1 Å². The first-order valence-electron chi connectivity index (χ1n) is 4.45. The zero-order valence-electron chi connectivity index (χ0n) is 6.44. The van der Waals surface area contributed by atoms with E-state index < -0.39 is 0 Å². The Hall–Kier alpha value is -0.440. The summed E-state index contributed by atoms with van der Waals surface area (Å²) in [6.45, 7) is 2.39. The molecule has 0 radical (unpaired) electrons. The molecule has 5 atom stereocenters. The lowest BCUT2D eigenvalue weighted by atomic mass is 9.80. The Labute approximate surface area is 65.7 Å². The third-order valence-corrected chi connectivity index (χ3v) is 3.64. The van der Waals surface area contributed by atoms with E-state index in [9.17, 15) is 4.91 Å². The van der Waals surface area contributed by atoms with Crippen molar-refractivity contribution in [2.45, 2.75) is 24.9 Å². The molecule has 3 saturated heterocycles. The minimum Gasteiger partial charge on any atom is -0.297 e. The summed E-state index contributed by atoms with van der Waals surface area (Å²) in [6, 6.07) is 0.685. The van der Waals surface area contributed by atoms with Crippen molar-refractivity contribution < 1.29 is 0 Å². The molecule has 4 rings (SSSR count). The van der Waals surface area contributed by atoms with Gasteiger partial charge >= 0.3 is 0 Å². The number of nitroso groups, excluding NO2 is 1. The molecule has 0 aromatic rings. The Kier molecular flexibility index (Phi) is 1.02. The minimum absolute atomic E-state index is 0.147. The molecule has 4 fully saturated rings. The number of nitrogens with zero attached hydrogens (tertiary/aromatic N) is 2. The summed E-state index contributed by atoms with van der Waals surface area (Å²) in [4.78, 5) is 13.0. The van der Waals surface area contributed by atoms with Gasteiger partial charge in [0.25, 0.3) is 0 Å². The van der Waals surface area contributed by atoms with Gasteiger partial charge in [-0.15, -0.1) is 0 Å². The van der Waals surface area contributed by atoms with Crippen LogP contribution in [0.2, 0.25) is 0 Å². The van der Waals surface area contributed by atoms with Crippen molar-refractivity contribution in [3.63, 3.8) is 0 Å². The molecule has 3 heterocycles. The van der Waals surface area contributed by atoms with Crippen LogP contribution in [0, 0.1) is 16.7 Å². The standard InChI is InChI=1S/C8H12N2O/c11-9-8-6-1-5-2-7(8)10(3-5)4-6/h5-8H,1-4H2. The van der Waals surface area contributed by atoms with Crippen LogP contribution in [0.5, 0.6) is 0 Å². The maximum atomic E-state index is 10.5. The van der Waals surface area contributed by atoms with Gasteiger partial charge in [0.05, 0.1) is 0 Å². The van der Waals surface area contributed by atoms with Crippen molar-refractivity contribution in [3.05, 3.63) is 4.91 Å². The fourth-order valence-electron chi connectivity index (χ4n) is 3.29. The molecule has 60 valence electrons. The molecular formula is C8H12N2O. The van der Waals surface area contributed by atoms with Gasteiger partial charge in [0.2, 0.25) is 0 Å². The minimum atomic E-state index is 0.147. The largest absolute Gasteiger partial charge is 0.297 e. The smallest absolute Gasteiger partial charge is 0.111 e. The number of hydrogen-bond acceptors (Lipinski definition) is 3. The van der Waals surface area contributed by atoms with E-state index in [0.29, 0.717) is 12.0 Å². The molecule has 1 aliphatic carbocycles. The van der Waals surface area contributed by atoms with E-state index in [-0.39, 0.29) is 6.04 Å². The monoisotopic (exact) mass is 152 g/mol. The molecule has 0 aromatic carbocycles. The van der Waals surface area contributed by atoms with Crippen LogP contribution in [0.1, 0.15) is 12.8 Å². The Bertz CT molecular complexity index is 202. The SMILES string of the molecule is O=NC1C2CC3CC1N(C3)C2. The highest BCUT2D eigenvalue weighted by molar-refractivity contribution is 5.08. The van der Waals surface area contributed by atoms with Crippen LogP contribution in [0.25, 0.3) is 0 Å². The molecule has 0 aromatic heterocycles. The average Bonchev–Trinajstić information content (AvgIpc) is 2.40. The van der Waals surface area contributed by atoms with E-state index in [1.54, 1.807) is 0 Å². The molecule has 0 N–H and O–H groups in total. The van der Waals surface area contributed by atoms with Gasteiger partial charge in [0.15, 0.2) is 0 Å². The number of rotatable bonds is 1. The van der Waals surface area contributed by atoms with Gasteiger partial charge in [-0.3, -0.25) is 4.90 Å². The van der Waals surface area contributed by atoms with Gasteiger partial charge in [-0.05, 0) is 24.7 Å². The lowest BCUT2D eigenvalue weighted by Crippen LogP contribution is -2.30. The van der Waals surface area contributed by atoms with Gasteiger partial charge in [-0.1, -0.05) is 5.18 Å². The summed E-state index contributed by atoms with van der Waals surface area (Å²) in [5.74, 6) is 1.52. The van der Waals surface area contributed by atoms with Crippen LogP contribution >= 0.6 is 0 Å². The predicted octanol–water partition coefficient (Wildman–Crippen LogP) is 0.845. The molecule has 0 amide bonds. The predicted molar refractivity (Wildman–Crippen MR) is 41.2 cm³/mol. The maximum absolute atomic E-state index is 10.5. The highest BCUT2D eigenvalue weighted by Gasteiger charge is 2.53. The average molecular weight is 152 g/mol. The van der Waals surface area contributed by atoms with Gasteiger partial charge in [-0.25, -0.2) is 0 Å². The second-order valence-electron chi connectivity index (χ2n) is 4.21. The lowest BCUT2D eigenvalue weighted by Gasteiger charge is -2.26. The summed E-state index contributed by atoms with van der Waals surface area (Å²) >= 11 is 0. The van der Waals surface area contributed by atoms with E-state index in [1.807, 2.05) is 0 Å². The van der Waals surface area contributed by atoms with Crippen molar-refractivity contribution in [1.29, 1.82) is 0 Å². The molecule has 5 unspecified atom stereocenters. The van der Waals surface area contributed by atoms with Crippen molar-refractivity contribution >= 4 is 0 Å². The van der Waals surface area contributed by atoms with Gasteiger partial charge < -0.3 is 0 Å². The normalized spacial score (nSPS) is 58.7. The quantitative estimate of drug-likeness (QED) is 0.522. The molecule has 11 heavy (non-hydrogen) atoms. The molecule has 4 bridgehead atoms. The van der Waals surface area contributed by atoms with Crippen molar-refractivity contribution in [2.24, 2.45) is 17.0 Å². The van der Waals surface area contributed by atoms with Crippen LogP contribution < -0.4 is 0 Å². The van der Waals surface area contributed by atoms with Crippen LogP contribution in [0.3, 0.4) is 0 Å². The van der Waals surface area contributed by atoms with Crippen molar-refractivity contribution in [3.8, 4) is 0 Å². The molecule has 3 heteroatoms. The Balaban J connectivity index is 1.96. The summed E-state index contributed by atoms with van der Waals surface area (Å²) in [5, 5.41) is 3.26. The highest BCUT2D eigenvalue weighted by atomic mass is 16.3. The van der Waals surface area contributed by atoms with Gasteiger partial charge in [0, 0.05) is 19.1 Å². The fraction of sp³-hybridized carbons (Fsp3) is 1.00. The Morgan fingerprint density at radius 2 is 2.18 bits per heavy atom. The van der Waals surface area contributed by atoms with E-state index in [1.165, 1.54) is 19.4 Å². The summed E-state index contributed by atoms with van der Waals surface area (Å²) < 4.78 is 0. The number of hydrogen-bond donors (Lipinski definition) is 0. The molecule has 0 spiro atoms. The van der Waals surface area contributed by atoms with Crippen LogP contribution in [0.4, 0.5) is 0 Å². The maximum Gasteiger partial charge on any atom is 0.111 e. The molecular weight excluding hydrogens is 140 g/mol. The van der Waals surface area contributed by atoms with Crippen LogP contribution in [0.15, 0.2) is 5.18 Å². The van der Waals surface area contributed by atoms with E-state index in [2.05, 4.69) is 10.1 Å². The second kappa shape index (κ2) is 1.83.